The van der Waals surface area contributed by atoms with E-state index in [4.69, 9.17) is 17.0 Å². The molecule has 0 saturated carbocycles. The van der Waals surface area contributed by atoms with Crippen LogP contribution in [0.2, 0.25) is 0 Å². The van der Waals surface area contributed by atoms with Gasteiger partial charge in [0.2, 0.25) is 11.8 Å². The maximum Gasteiger partial charge on any atom is 0.237 e. The Morgan fingerprint density at radius 3 is 2.85 bits per heavy atom. The van der Waals surface area contributed by atoms with Crippen LogP contribution in [0.15, 0.2) is 41.8 Å². The normalized spacial score (nSPS) is 22.2. The molecule has 3 atom stereocenters. The number of thiophene rings is 1. The van der Waals surface area contributed by atoms with E-state index in [-0.39, 0.29) is 29.9 Å². The molecule has 2 amide bonds. The van der Waals surface area contributed by atoms with Crippen LogP contribution >= 0.6 is 23.6 Å². The average Bonchev–Trinajstić information content (AvgIpc) is 3.48. The third-order valence-electron chi connectivity index (χ3n) is 6.05. The number of carbonyl (C=O) groups is 2. The van der Waals surface area contributed by atoms with Crippen LogP contribution in [0.1, 0.15) is 24.1 Å². The Morgan fingerprint density at radius 1 is 1.30 bits per heavy atom. The smallest absolute Gasteiger partial charge is 0.237 e. The van der Waals surface area contributed by atoms with E-state index in [1.807, 2.05) is 41.8 Å². The molecule has 4 rings (SSSR count). The van der Waals surface area contributed by atoms with Gasteiger partial charge < -0.3 is 26.0 Å². The van der Waals surface area contributed by atoms with Gasteiger partial charge in [-0.2, -0.15) is 0 Å². The Morgan fingerprint density at radius 2 is 2.12 bits per heavy atom. The van der Waals surface area contributed by atoms with E-state index in [1.165, 1.54) is 0 Å². The van der Waals surface area contributed by atoms with Gasteiger partial charge in [0, 0.05) is 42.2 Å². The quantitative estimate of drug-likeness (QED) is 0.424. The first-order chi connectivity index (χ1) is 16.0. The molecule has 1 aromatic carbocycles. The van der Waals surface area contributed by atoms with Crippen LogP contribution in [0, 0.1) is 0 Å². The van der Waals surface area contributed by atoms with E-state index < -0.39 is 0 Å². The summed E-state index contributed by atoms with van der Waals surface area (Å²) in [4.78, 5) is 28.1. The number of piperazine rings is 1. The van der Waals surface area contributed by atoms with Gasteiger partial charge in [-0.25, -0.2) is 0 Å². The van der Waals surface area contributed by atoms with Crippen molar-refractivity contribution in [3.8, 4) is 5.75 Å². The van der Waals surface area contributed by atoms with Gasteiger partial charge in [0.15, 0.2) is 5.11 Å². The topological polar surface area (TPSA) is 94.7 Å². The fourth-order valence-corrected chi connectivity index (χ4v) is 5.29. The van der Waals surface area contributed by atoms with E-state index in [0.717, 1.165) is 16.3 Å². The molecule has 0 unspecified atom stereocenters. The number of carbonyl (C=O) groups excluding carboxylic acids is 2. The summed E-state index contributed by atoms with van der Waals surface area (Å²) in [5.74, 6) is 0.867. The number of hydrogen-bond acceptors (Lipinski definition) is 6. The summed E-state index contributed by atoms with van der Waals surface area (Å²) in [7, 11) is 1.63. The maximum atomic E-state index is 12.5. The van der Waals surface area contributed by atoms with Gasteiger partial charge in [-0.15, -0.1) is 11.3 Å². The number of ether oxygens (including phenoxy) is 1. The molecular weight excluding hydrogens is 458 g/mol. The lowest BCUT2D eigenvalue weighted by molar-refractivity contribution is -0.129. The van der Waals surface area contributed by atoms with Gasteiger partial charge in [-0.1, -0.05) is 6.07 Å². The van der Waals surface area contributed by atoms with Crippen LogP contribution in [-0.2, 0) is 16.1 Å². The van der Waals surface area contributed by atoms with E-state index in [1.54, 1.807) is 18.4 Å². The molecule has 8 nitrogen and oxygen atoms in total. The highest BCUT2D eigenvalue weighted by atomic mass is 32.1. The largest absolute Gasteiger partial charge is 0.497 e. The molecule has 2 saturated heterocycles. The third kappa shape index (κ3) is 6.21. The Balaban J connectivity index is 1.26. The van der Waals surface area contributed by atoms with Crippen molar-refractivity contribution in [3.05, 3.63) is 46.7 Å². The highest BCUT2D eigenvalue weighted by Crippen LogP contribution is 2.26. The number of rotatable bonds is 8. The number of fused-ring (bicyclic) bond motifs is 1. The molecule has 2 fully saturated rings. The van der Waals surface area contributed by atoms with Gasteiger partial charge in [-0.3, -0.25) is 14.5 Å². The third-order valence-corrected chi connectivity index (χ3v) is 7.15. The summed E-state index contributed by atoms with van der Waals surface area (Å²) in [5.41, 5.74) is 0.869. The van der Waals surface area contributed by atoms with E-state index >= 15 is 0 Å². The lowest BCUT2D eigenvalue weighted by Crippen LogP contribution is -2.58. The molecular formula is C23H29N5O3S2. The van der Waals surface area contributed by atoms with Crippen LogP contribution in [0.5, 0.6) is 5.75 Å². The Hall–Kier alpha value is -2.69. The Kier molecular flexibility index (Phi) is 7.79. The molecule has 33 heavy (non-hydrogen) atoms. The summed E-state index contributed by atoms with van der Waals surface area (Å²) >= 11 is 7.11. The van der Waals surface area contributed by atoms with Crippen LogP contribution in [0.3, 0.4) is 0 Å². The maximum absolute atomic E-state index is 12.5. The predicted molar refractivity (Wildman–Crippen MR) is 133 cm³/mol. The molecule has 2 aromatic rings. The van der Waals surface area contributed by atoms with Crippen molar-refractivity contribution in [2.45, 2.75) is 43.9 Å². The number of benzene rings is 1. The molecule has 0 bridgehead atoms. The second-order valence-corrected chi connectivity index (χ2v) is 9.71. The van der Waals surface area contributed by atoms with Crippen LogP contribution in [0.4, 0.5) is 5.69 Å². The van der Waals surface area contributed by atoms with Gasteiger partial charge in [0.05, 0.1) is 19.7 Å². The number of nitrogens with zero attached hydrogens (tertiary/aromatic N) is 1. The van der Waals surface area contributed by atoms with Crippen molar-refractivity contribution >= 4 is 46.2 Å². The molecule has 0 radical (unpaired) electrons. The minimum atomic E-state index is -0.195. The Labute approximate surface area is 203 Å². The Bertz CT molecular complexity index is 967. The molecule has 0 spiro atoms. The molecule has 4 N–H and O–H groups in total. The van der Waals surface area contributed by atoms with Gasteiger partial charge in [0.1, 0.15) is 5.75 Å². The first-order valence-corrected chi connectivity index (χ1v) is 12.3. The van der Waals surface area contributed by atoms with Crippen molar-refractivity contribution < 1.29 is 14.3 Å². The van der Waals surface area contributed by atoms with E-state index in [9.17, 15) is 9.59 Å². The zero-order chi connectivity index (χ0) is 23.2. The summed E-state index contributed by atoms with van der Waals surface area (Å²) in [5, 5.41) is 15.0. The summed E-state index contributed by atoms with van der Waals surface area (Å²) in [6, 6.07) is 11.5. The molecule has 3 heterocycles. The van der Waals surface area contributed by atoms with Crippen molar-refractivity contribution in [2.75, 3.05) is 25.5 Å². The molecule has 1 aromatic heterocycles. The van der Waals surface area contributed by atoms with Gasteiger partial charge >= 0.3 is 0 Å². The van der Waals surface area contributed by atoms with Crippen molar-refractivity contribution in [2.24, 2.45) is 0 Å². The lowest BCUT2D eigenvalue weighted by atomic mass is 10.0. The molecule has 0 aliphatic carbocycles. The standard InChI is InChI=1S/C23H29N5O3S2/c1-31-18-7-4-15(5-8-18)26-23(32)27-16-11-20-22(30)25-12-17(28(20)14-16)6-9-21(29)24-13-19-3-2-10-33-19/h2-5,7-8,10,16-17,20H,6,9,11-14H2,1H3,(H,24,29)(H,25,30)(H2,26,27,32)/t16-,17-,20+/m1/s1. The fraction of sp³-hybridized carbons (Fsp3) is 0.435. The average molecular weight is 488 g/mol. The summed E-state index contributed by atoms with van der Waals surface area (Å²) < 4.78 is 5.18. The first-order valence-electron chi connectivity index (χ1n) is 11.1. The second kappa shape index (κ2) is 11.0. The minimum Gasteiger partial charge on any atom is -0.497 e. The highest BCUT2D eigenvalue weighted by molar-refractivity contribution is 7.80. The second-order valence-electron chi connectivity index (χ2n) is 8.27. The predicted octanol–water partition coefficient (Wildman–Crippen LogP) is 2.08. The van der Waals surface area contributed by atoms with Gasteiger partial charge in [0.25, 0.3) is 0 Å². The molecule has 176 valence electrons. The number of hydrogen-bond donors (Lipinski definition) is 4. The summed E-state index contributed by atoms with van der Waals surface area (Å²) in [6.45, 7) is 1.84. The number of anilines is 1. The minimum absolute atomic E-state index is 0.0376. The SMILES string of the molecule is COc1ccc(NC(=S)N[C@@H]2C[C@H]3C(=O)NC[C@@H](CCC(=O)NCc4cccs4)N3C2)cc1. The number of thiocarbonyl (C=S) groups is 1. The number of amides is 2. The van der Waals surface area contributed by atoms with E-state index in [0.29, 0.717) is 44.0 Å². The fourth-order valence-electron chi connectivity index (χ4n) is 4.36. The molecule has 2 aliphatic heterocycles. The molecule has 10 heteroatoms. The van der Waals surface area contributed by atoms with Crippen LogP contribution < -0.4 is 26.0 Å². The number of nitrogens with one attached hydrogen (secondary N) is 4. The summed E-state index contributed by atoms with van der Waals surface area (Å²) in [6.07, 6.45) is 1.82. The lowest BCUT2D eigenvalue weighted by Gasteiger charge is -2.37. The monoisotopic (exact) mass is 487 g/mol. The van der Waals surface area contributed by atoms with Crippen molar-refractivity contribution in [3.63, 3.8) is 0 Å². The molecule has 2 aliphatic rings. The van der Waals surface area contributed by atoms with Crippen molar-refractivity contribution in [1.29, 1.82) is 0 Å². The van der Waals surface area contributed by atoms with Gasteiger partial charge in [-0.05, 0) is 60.8 Å². The zero-order valence-corrected chi connectivity index (χ0v) is 20.1. The number of methoxy groups -OCH3 is 1. The van der Waals surface area contributed by atoms with Crippen LogP contribution in [-0.4, -0.2) is 60.2 Å². The zero-order valence-electron chi connectivity index (χ0n) is 18.5. The highest BCUT2D eigenvalue weighted by Gasteiger charge is 2.43. The van der Waals surface area contributed by atoms with Crippen molar-refractivity contribution in [1.82, 2.24) is 20.9 Å². The van der Waals surface area contributed by atoms with Crippen LogP contribution in [0.25, 0.3) is 0 Å². The van der Waals surface area contributed by atoms with E-state index in [2.05, 4.69) is 26.2 Å². The first kappa shape index (κ1) is 23.5.